The van der Waals surface area contributed by atoms with Crippen LogP contribution in [0.2, 0.25) is 20.1 Å². The van der Waals surface area contributed by atoms with Gasteiger partial charge in [0.05, 0.1) is 47.3 Å². The molecule has 3 saturated heterocycles. The molecule has 2 N–H and O–H groups in total. The summed E-state index contributed by atoms with van der Waals surface area (Å²) in [7, 11) is 0. The smallest absolute Gasteiger partial charge is 0.123 e. The quantitative estimate of drug-likeness (QED) is 0.146. The lowest BCUT2D eigenvalue weighted by Gasteiger charge is -2.44. The highest BCUT2D eigenvalue weighted by Gasteiger charge is 2.31. The number of ether oxygens (including phenoxy) is 1. The van der Waals surface area contributed by atoms with Gasteiger partial charge < -0.3 is 25.0 Å². The number of piperazine rings is 2. The summed E-state index contributed by atoms with van der Waals surface area (Å²) in [5.74, 6) is -0.516. The van der Waals surface area contributed by atoms with Crippen LogP contribution in [0.3, 0.4) is 0 Å². The maximum Gasteiger partial charge on any atom is 0.123 e. The summed E-state index contributed by atoms with van der Waals surface area (Å²) < 4.78 is 30.6. The first-order chi connectivity index (χ1) is 31.0. The summed E-state index contributed by atoms with van der Waals surface area (Å²) in [6.07, 6.45) is -0.487. The molecule has 0 aliphatic carbocycles. The summed E-state index contributed by atoms with van der Waals surface area (Å²) in [5.41, 5.74) is 6.88. The van der Waals surface area contributed by atoms with Crippen molar-refractivity contribution in [1.82, 2.24) is 10.2 Å². The minimum atomic E-state index is -0.724. The SMILES string of the molecule is Fc1ccc([C@H]2CO2)cc1.N#Cc1cc(Cl)ccc1N1CCN(C[C@@H](O)c2ccc(F)cc2)C[C@H]1c1ccc(Cl)cc1.N#Cc1cc(Cl)ccc1N1CCNC[C@H]1c1ccc(Cl)cc1. The second kappa shape index (κ2) is 22.1. The van der Waals surface area contributed by atoms with Crippen molar-refractivity contribution in [1.29, 1.82) is 10.5 Å². The van der Waals surface area contributed by atoms with Gasteiger partial charge in [0.15, 0.2) is 0 Å². The molecule has 6 aromatic carbocycles. The molecule has 3 aliphatic rings. The number of hydrogen-bond donors (Lipinski definition) is 2. The van der Waals surface area contributed by atoms with Crippen LogP contribution < -0.4 is 15.1 Å². The zero-order chi connectivity index (χ0) is 45.2. The van der Waals surface area contributed by atoms with Crippen molar-refractivity contribution in [3.8, 4) is 12.1 Å². The van der Waals surface area contributed by atoms with Crippen molar-refractivity contribution >= 4 is 57.8 Å². The number of aliphatic hydroxyl groups is 1. The molecule has 328 valence electrons. The highest BCUT2D eigenvalue weighted by atomic mass is 35.5. The fourth-order valence-electron chi connectivity index (χ4n) is 7.89. The van der Waals surface area contributed by atoms with Crippen LogP contribution in [0.5, 0.6) is 0 Å². The van der Waals surface area contributed by atoms with Gasteiger partial charge in [-0.2, -0.15) is 10.5 Å². The van der Waals surface area contributed by atoms with E-state index in [1.165, 1.54) is 29.8 Å². The van der Waals surface area contributed by atoms with Crippen LogP contribution in [0.1, 0.15) is 57.7 Å². The predicted molar refractivity (Wildman–Crippen MR) is 251 cm³/mol. The Morgan fingerprint density at radius 2 is 1.09 bits per heavy atom. The lowest BCUT2D eigenvalue weighted by molar-refractivity contribution is 0.100. The molecule has 0 radical (unpaired) electrons. The number of nitriles is 2. The van der Waals surface area contributed by atoms with Crippen molar-refractivity contribution in [2.75, 3.05) is 62.2 Å². The van der Waals surface area contributed by atoms with E-state index in [0.717, 1.165) is 53.8 Å². The Kier molecular flexibility index (Phi) is 16.1. The van der Waals surface area contributed by atoms with Crippen LogP contribution in [-0.2, 0) is 4.74 Å². The van der Waals surface area contributed by atoms with Gasteiger partial charge in [0, 0.05) is 65.9 Å². The number of β-amino-alcohol motifs (C(OH)–C–C–N with tert-alkyl or cyclic N) is 1. The number of rotatable bonds is 8. The fourth-order valence-corrected chi connectivity index (χ4v) is 8.48. The third-order valence-corrected chi connectivity index (χ3v) is 12.2. The van der Waals surface area contributed by atoms with E-state index in [1.54, 1.807) is 42.5 Å². The lowest BCUT2D eigenvalue weighted by Crippen LogP contribution is -2.49. The molecule has 3 heterocycles. The maximum atomic E-state index is 13.2. The Morgan fingerprint density at radius 1 is 0.625 bits per heavy atom. The topological polar surface area (TPSA) is 102 Å². The van der Waals surface area contributed by atoms with Crippen molar-refractivity contribution in [3.63, 3.8) is 0 Å². The number of hydrogen-bond acceptors (Lipinski definition) is 8. The molecule has 0 amide bonds. The summed E-state index contributed by atoms with van der Waals surface area (Å²) in [5, 5.41) is 35.7. The van der Waals surface area contributed by atoms with Gasteiger partial charge in [-0.25, -0.2) is 8.78 Å². The molecule has 0 aromatic heterocycles. The average molecular weight is 941 g/mol. The van der Waals surface area contributed by atoms with Crippen molar-refractivity contribution in [2.45, 2.75) is 24.3 Å². The molecule has 0 unspecified atom stereocenters. The third kappa shape index (κ3) is 12.3. The van der Waals surface area contributed by atoms with E-state index in [1.807, 2.05) is 66.7 Å². The Balaban J connectivity index is 0.000000164. The van der Waals surface area contributed by atoms with Gasteiger partial charge in [0.25, 0.3) is 0 Å². The second-order valence-corrected chi connectivity index (χ2v) is 17.2. The van der Waals surface area contributed by atoms with Crippen LogP contribution in [-0.4, -0.2) is 62.4 Å². The second-order valence-electron chi connectivity index (χ2n) is 15.5. The number of anilines is 2. The molecule has 64 heavy (non-hydrogen) atoms. The van der Waals surface area contributed by atoms with E-state index in [9.17, 15) is 24.4 Å². The Bertz CT molecular complexity index is 2570. The minimum absolute atomic E-state index is 0.0466. The summed E-state index contributed by atoms with van der Waals surface area (Å²) >= 11 is 24.2. The fraction of sp³-hybridized carbons (Fsp3) is 0.240. The molecule has 9 rings (SSSR count). The average Bonchev–Trinajstić information content (AvgIpc) is 4.17. The van der Waals surface area contributed by atoms with Crippen LogP contribution in [0.25, 0.3) is 0 Å². The van der Waals surface area contributed by atoms with Crippen LogP contribution in [0.15, 0.2) is 133 Å². The van der Waals surface area contributed by atoms with Gasteiger partial charge in [-0.05, 0) is 107 Å². The van der Waals surface area contributed by atoms with E-state index in [0.29, 0.717) is 57.9 Å². The highest BCUT2D eigenvalue weighted by Crippen LogP contribution is 2.36. The van der Waals surface area contributed by atoms with Crippen molar-refractivity contribution in [3.05, 3.63) is 199 Å². The molecule has 0 bridgehead atoms. The number of nitrogens with one attached hydrogen (secondary N) is 1. The molecule has 3 fully saturated rings. The molecule has 8 nitrogen and oxygen atoms in total. The summed E-state index contributed by atoms with van der Waals surface area (Å²) in [6.45, 7) is 5.78. The normalized spacial score (nSPS) is 18.6. The van der Waals surface area contributed by atoms with Gasteiger partial charge in [0.2, 0.25) is 0 Å². The lowest BCUT2D eigenvalue weighted by atomic mass is 9.99. The number of halogens is 6. The minimum Gasteiger partial charge on any atom is -0.387 e. The van der Waals surface area contributed by atoms with E-state index < -0.39 is 6.10 Å². The predicted octanol–water partition coefficient (Wildman–Crippen LogP) is 11.5. The molecule has 6 aromatic rings. The first-order valence-corrected chi connectivity index (χ1v) is 22.2. The van der Waals surface area contributed by atoms with Gasteiger partial charge >= 0.3 is 0 Å². The largest absolute Gasteiger partial charge is 0.387 e. The number of nitrogens with zero attached hydrogens (tertiary/aromatic N) is 5. The molecule has 0 spiro atoms. The summed E-state index contributed by atoms with van der Waals surface area (Å²) in [4.78, 5) is 6.65. The first kappa shape index (κ1) is 46.7. The molecule has 0 saturated carbocycles. The van der Waals surface area contributed by atoms with Gasteiger partial charge in [-0.15, -0.1) is 0 Å². The van der Waals surface area contributed by atoms with E-state index in [4.69, 9.17) is 51.1 Å². The van der Waals surface area contributed by atoms with Crippen LogP contribution in [0.4, 0.5) is 20.2 Å². The zero-order valence-electron chi connectivity index (χ0n) is 34.5. The maximum absolute atomic E-state index is 13.2. The van der Waals surface area contributed by atoms with Crippen molar-refractivity contribution in [2.24, 2.45) is 0 Å². The van der Waals surface area contributed by atoms with Gasteiger partial charge in [-0.3, -0.25) is 4.90 Å². The molecule has 4 atom stereocenters. The van der Waals surface area contributed by atoms with Crippen molar-refractivity contribution < 1.29 is 18.6 Å². The van der Waals surface area contributed by atoms with Gasteiger partial charge in [0.1, 0.15) is 29.9 Å². The first-order valence-electron chi connectivity index (χ1n) is 20.7. The Hall–Kier alpha value is -5.24. The monoisotopic (exact) mass is 938 g/mol. The molecule has 14 heteroatoms. The summed E-state index contributed by atoms with van der Waals surface area (Å²) in [6, 6.07) is 43.4. The third-order valence-electron chi connectivity index (χ3n) is 11.3. The Labute approximate surface area is 392 Å². The number of aliphatic hydroxyl groups excluding tert-OH is 1. The van der Waals surface area contributed by atoms with Crippen LogP contribution >= 0.6 is 46.4 Å². The molecule has 3 aliphatic heterocycles. The number of benzene rings is 6. The van der Waals surface area contributed by atoms with Crippen LogP contribution in [0, 0.1) is 34.3 Å². The molecular weight excluding hydrogens is 896 g/mol. The van der Waals surface area contributed by atoms with E-state index in [-0.39, 0.29) is 29.8 Å². The zero-order valence-corrected chi connectivity index (χ0v) is 37.6. The Morgan fingerprint density at radius 3 is 1.61 bits per heavy atom. The number of epoxide rings is 1. The standard InChI is InChI=1S/C25H22Cl2FN3O.C17H15Cl2N3.C8H7FO/c26-20-5-1-17(2-6-20)24-15-30(16-25(32)18-3-8-22(28)9-4-18)11-12-31(24)23-10-7-21(27)13-19(23)14-29;18-14-3-1-12(2-4-14)17-11-21-7-8-22(17)16-6-5-15(19)9-13(16)10-20;9-7-3-1-6(2-4-7)8-5-10-8/h1-10,13,24-25,32H,11-12,15-16H2;1-6,9,17,21H,7-8,11H2;1-4,8H,5H2/t24-,25+;17-;8-/m001/s1. The van der Waals surface area contributed by atoms with Gasteiger partial charge in [-0.1, -0.05) is 94.9 Å². The molecular formula is C50H44Cl4F2N6O2. The van der Waals surface area contributed by atoms with E-state index >= 15 is 0 Å². The highest BCUT2D eigenvalue weighted by molar-refractivity contribution is 6.31. The van der Waals surface area contributed by atoms with E-state index in [2.05, 4.69) is 32.2 Å².